The monoisotopic (exact) mass is 274 g/mol. The molecule has 1 aliphatic heterocycles. The van der Waals surface area contributed by atoms with Crippen molar-refractivity contribution in [3.8, 4) is 5.75 Å². The lowest BCUT2D eigenvalue weighted by molar-refractivity contribution is 0.137. The van der Waals surface area contributed by atoms with E-state index < -0.39 is 0 Å². The molecule has 100 valence electrons. The fourth-order valence-corrected chi connectivity index (χ4v) is 3.03. The summed E-state index contributed by atoms with van der Waals surface area (Å²) in [5, 5.41) is 5.50. The van der Waals surface area contributed by atoms with Crippen molar-refractivity contribution in [2.45, 2.75) is 39.0 Å². The van der Waals surface area contributed by atoms with Gasteiger partial charge in [0.05, 0.1) is 11.2 Å². The molecule has 0 radical (unpaired) electrons. The molecule has 0 atom stereocenters. The molecule has 1 N–H and O–H groups in total. The highest BCUT2D eigenvalue weighted by molar-refractivity contribution is 7.07. The van der Waals surface area contributed by atoms with Crippen LogP contribution in [-0.2, 0) is 19.5 Å². The summed E-state index contributed by atoms with van der Waals surface area (Å²) in [4.78, 5) is 4.27. The molecular weight excluding hydrogens is 256 g/mol. The molecule has 0 fully saturated rings. The van der Waals surface area contributed by atoms with E-state index in [4.69, 9.17) is 4.74 Å². The molecule has 3 rings (SSSR count). The summed E-state index contributed by atoms with van der Waals surface area (Å²) in [5.41, 5.74) is 5.44. The van der Waals surface area contributed by atoms with Crippen molar-refractivity contribution in [2.75, 3.05) is 0 Å². The van der Waals surface area contributed by atoms with Crippen LogP contribution < -0.4 is 10.1 Å². The normalized spacial score (nSPS) is 16.1. The Morgan fingerprint density at radius 1 is 1.37 bits per heavy atom. The maximum absolute atomic E-state index is 6.06. The van der Waals surface area contributed by atoms with Crippen LogP contribution in [0.15, 0.2) is 29.1 Å². The van der Waals surface area contributed by atoms with Gasteiger partial charge in [0.2, 0.25) is 0 Å². The van der Waals surface area contributed by atoms with E-state index in [0.717, 1.165) is 31.0 Å². The number of fused-ring (bicyclic) bond motifs is 1. The molecule has 0 amide bonds. The van der Waals surface area contributed by atoms with Crippen LogP contribution in [0.3, 0.4) is 0 Å². The van der Waals surface area contributed by atoms with E-state index in [0.29, 0.717) is 0 Å². The Balaban J connectivity index is 1.68. The second-order valence-corrected chi connectivity index (χ2v) is 6.25. The molecule has 1 aromatic heterocycles. The molecule has 1 aliphatic rings. The summed E-state index contributed by atoms with van der Waals surface area (Å²) in [5.74, 6) is 1.07. The number of nitrogens with zero attached hydrogens (tertiary/aromatic N) is 1. The minimum absolute atomic E-state index is 0.0760. The van der Waals surface area contributed by atoms with Crippen LogP contribution >= 0.6 is 11.3 Å². The number of nitrogens with one attached hydrogen (secondary N) is 1. The number of rotatable bonds is 4. The largest absolute Gasteiger partial charge is 0.487 e. The lowest BCUT2D eigenvalue weighted by Gasteiger charge is -2.18. The average Bonchev–Trinajstić information content (AvgIpc) is 2.95. The lowest BCUT2D eigenvalue weighted by Crippen LogP contribution is -2.25. The molecule has 2 aromatic rings. The fraction of sp³-hybridized carbons (Fsp3) is 0.400. The molecule has 4 heteroatoms. The number of para-hydroxylation sites is 1. The van der Waals surface area contributed by atoms with Gasteiger partial charge in [-0.25, -0.2) is 4.98 Å². The summed E-state index contributed by atoms with van der Waals surface area (Å²) in [6, 6.07) is 6.41. The highest BCUT2D eigenvalue weighted by atomic mass is 32.1. The van der Waals surface area contributed by atoms with Crippen LogP contribution in [0, 0.1) is 0 Å². The van der Waals surface area contributed by atoms with Crippen LogP contribution in [0.2, 0.25) is 0 Å². The van der Waals surface area contributed by atoms with Gasteiger partial charge in [-0.05, 0) is 19.4 Å². The summed E-state index contributed by atoms with van der Waals surface area (Å²) in [6.07, 6.45) is 0.988. The van der Waals surface area contributed by atoms with Crippen molar-refractivity contribution in [2.24, 2.45) is 0 Å². The van der Waals surface area contributed by atoms with E-state index >= 15 is 0 Å². The zero-order chi connectivity index (χ0) is 13.3. The molecule has 2 heterocycles. The first-order valence-electron chi connectivity index (χ1n) is 6.52. The van der Waals surface area contributed by atoms with Crippen molar-refractivity contribution in [3.05, 3.63) is 45.9 Å². The smallest absolute Gasteiger partial charge is 0.127 e. The van der Waals surface area contributed by atoms with Crippen LogP contribution in [-0.4, -0.2) is 10.6 Å². The maximum Gasteiger partial charge on any atom is 0.127 e. The summed E-state index contributed by atoms with van der Waals surface area (Å²) in [7, 11) is 0. The predicted octanol–water partition coefficient (Wildman–Crippen LogP) is 3.15. The summed E-state index contributed by atoms with van der Waals surface area (Å²) in [6.45, 7) is 5.90. The molecule has 0 saturated carbocycles. The molecule has 0 unspecified atom stereocenters. The average molecular weight is 274 g/mol. The Kier molecular flexibility index (Phi) is 3.29. The maximum atomic E-state index is 6.06. The third-order valence-electron chi connectivity index (χ3n) is 3.28. The fourth-order valence-electron chi connectivity index (χ4n) is 2.47. The Morgan fingerprint density at radius 2 is 2.26 bits per heavy atom. The van der Waals surface area contributed by atoms with Crippen molar-refractivity contribution >= 4 is 11.3 Å². The van der Waals surface area contributed by atoms with E-state index in [1.54, 1.807) is 11.3 Å². The first-order chi connectivity index (χ1) is 9.14. The first kappa shape index (κ1) is 12.6. The quantitative estimate of drug-likeness (QED) is 0.930. The minimum atomic E-state index is -0.0760. The molecule has 0 spiro atoms. The molecule has 0 bridgehead atoms. The van der Waals surface area contributed by atoms with E-state index in [-0.39, 0.29) is 5.60 Å². The summed E-state index contributed by atoms with van der Waals surface area (Å²) >= 11 is 1.63. The van der Waals surface area contributed by atoms with Gasteiger partial charge in [-0.15, -0.1) is 11.3 Å². The number of thiazole rings is 1. The second-order valence-electron chi connectivity index (χ2n) is 5.53. The number of ether oxygens (including phenoxy) is 1. The molecule has 0 saturated heterocycles. The van der Waals surface area contributed by atoms with Gasteiger partial charge in [0.25, 0.3) is 0 Å². The highest BCUT2D eigenvalue weighted by Crippen LogP contribution is 2.37. The number of hydrogen-bond acceptors (Lipinski definition) is 4. The lowest BCUT2D eigenvalue weighted by atomic mass is 10.0. The number of benzene rings is 1. The van der Waals surface area contributed by atoms with Crippen LogP contribution in [0.4, 0.5) is 0 Å². The zero-order valence-electron chi connectivity index (χ0n) is 11.3. The van der Waals surface area contributed by atoms with Crippen molar-refractivity contribution < 1.29 is 4.74 Å². The van der Waals surface area contributed by atoms with E-state index in [9.17, 15) is 0 Å². The van der Waals surface area contributed by atoms with Gasteiger partial charge in [0.1, 0.15) is 11.4 Å². The van der Waals surface area contributed by atoms with Gasteiger partial charge in [-0.1, -0.05) is 18.2 Å². The van der Waals surface area contributed by atoms with Gasteiger partial charge >= 0.3 is 0 Å². The zero-order valence-corrected chi connectivity index (χ0v) is 12.1. The van der Waals surface area contributed by atoms with E-state index in [2.05, 4.69) is 47.7 Å². The molecule has 19 heavy (non-hydrogen) atoms. The van der Waals surface area contributed by atoms with Gasteiger partial charge in [-0.2, -0.15) is 0 Å². The summed E-state index contributed by atoms with van der Waals surface area (Å²) < 4.78 is 6.06. The topological polar surface area (TPSA) is 34.2 Å². The third-order valence-corrected chi connectivity index (χ3v) is 3.91. The Hall–Kier alpha value is -1.39. The van der Waals surface area contributed by atoms with E-state index in [1.807, 2.05) is 5.51 Å². The molecule has 3 nitrogen and oxygen atoms in total. The SMILES string of the molecule is CC1(C)Cc2cccc(CNCc3cscn3)c2O1. The van der Waals surface area contributed by atoms with Gasteiger partial charge in [0.15, 0.2) is 0 Å². The highest BCUT2D eigenvalue weighted by Gasteiger charge is 2.31. The standard InChI is InChI=1S/C15H18N2OS/c1-15(2)6-11-4-3-5-12(14(11)18-15)7-16-8-13-9-19-10-17-13/h3-5,9-10,16H,6-8H2,1-2H3. The third kappa shape index (κ3) is 2.80. The Morgan fingerprint density at radius 3 is 3.05 bits per heavy atom. The van der Waals surface area contributed by atoms with Crippen molar-refractivity contribution in [3.63, 3.8) is 0 Å². The van der Waals surface area contributed by atoms with Crippen LogP contribution in [0.25, 0.3) is 0 Å². The Labute approximate surface area is 117 Å². The molecule has 0 aliphatic carbocycles. The van der Waals surface area contributed by atoms with Crippen LogP contribution in [0.5, 0.6) is 5.75 Å². The van der Waals surface area contributed by atoms with Crippen molar-refractivity contribution in [1.82, 2.24) is 10.3 Å². The molecular formula is C15H18N2OS. The van der Waals surface area contributed by atoms with Gasteiger partial charge in [0, 0.05) is 30.5 Å². The van der Waals surface area contributed by atoms with Crippen LogP contribution in [0.1, 0.15) is 30.7 Å². The Bertz CT molecular complexity index is 564. The second kappa shape index (κ2) is 4.94. The number of hydrogen-bond donors (Lipinski definition) is 1. The van der Waals surface area contributed by atoms with Gasteiger partial charge in [-0.3, -0.25) is 0 Å². The van der Waals surface area contributed by atoms with Crippen molar-refractivity contribution in [1.29, 1.82) is 0 Å². The van der Waals surface area contributed by atoms with Gasteiger partial charge < -0.3 is 10.1 Å². The minimum Gasteiger partial charge on any atom is -0.487 e. The van der Waals surface area contributed by atoms with E-state index in [1.165, 1.54) is 11.1 Å². The number of aromatic nitrogens is 1. The first-order valence-corrected chi connectivity index (χ1v) is 7.46. The molecule has 1 aromatic carbocycles. The predicted molar refractivity (Wildman–Crippen MR) is 77.5 cm³/mol.